The molecule has 0 radical (unpaired) electrons. The smallest absolute Gasteiger partial charge is 0.335 e. The first-order chi connectivity index (χ1) is 14.9. The molecule has 1 unspecified atom stereocenters. The van der Waals surface area contributed by atoms with Crippen molar-refractivity contribution >= 4 is 17.5 Å². The van der Waals surface area contributed by atoms with Crippen LogP contribution in [0.4, 0.5) is 0 Å². The van der Waals surface area contributed by atoms with Crippen molar-refractivity contribution < 1.29 is 29.0 Å². The van der Waals surface area contributed by atoms with Crippen molar-refractivity contribution in [2.75, 3.05) is 13.7 Å². The molecule has 6 heteroatoms. The number of carbonyl (C=O) groups is 3. The van der Waals surface area contributed by atoms with Crippen LogP contribution in [-0.4, -0.2) is 42.5 Å². The van der Waals surface area contributed by atoms with Gasteiger partial charge in [-0.3, -0.25) is 4.79 Å². The number of aliphatic hydroxyl groups is 1. The van der Waals surface area contributed by atoms with Gasteiger partial charge in [-0.2, -0.15) is 0 Å². The predicted molar refractivity (Wildman–Crippen MR) is 125 cm³/mol. The molecular formula is C26H38O6. The van der Waals surface area contributed by atoms with Gasteiger partial charge in [-0.25, -0.2) is 4.79 Å². The van der Waals surface area contributed by atoms with E-state index < -0.39 is 23.4 Å². The Hall–Kier alpha value is -2.31. The van der Waals surface area contributed by atoms with Crippen molar-refractivity contribution in [3.8, 4) is 0 Å². The van der Waals surface area contributed by atoms with E-state index in [2.05, 4.69) is 6.58 Å². The molecule has 1 N–H and O–H groups in total. The van der Waals surface area contributed by atoms with E-state index >= 15 is 0 Å². The van der Waals surface area contributed by atoms with Crippen molar-refractivity contribution in [3.63, 3.8) is 0 Å². The Labute approximate surface area is 192 Å². The molecule has 178 valence electrons. The fourth-order valence-corrected chi connectivity index (χ4v) is 4.10. The molecule has 0 saturated carbocycles. The van der Waals surface area contributed by atoms with Crippen LogP contribution in [0.5, 0.6) is 0 Å². The highest BCUT2D eigenvalue weighted by Gasteiger charge is 2.43. The summed E-state index contributed by atoms with van der Waals surface area (Å²) in [7, 11) is 1.53. The van der Waals surface area contributed by atoms with Gasteiger partial charge in [0.2, 0.25) is 0 Å². The Bertz CT molecular complexity index is 799. The normalized spacial score (nSPS) is 24.5. The van der Waals surface area contributed by atoms with Crippen LogP contribution in [0.3, 0.4) is 0 Å². The second-order valence-corrected chi connectivity index (χ2v) is 9.31. The van der Waals surface area contributed by atoms with Gasteiger partial charge in [0.1, 0.15) is 5.78 Å². The molecule has 0 spiro atoms. The maximum Gasteiger partial charge on any atom is 0.335 e. The second kappa shape index (κ2) is 12.7. The van der Waals surface area contributed by atoms with E-state index in [1.165, 1.54) is 26.4 Å². The number of rotatable bonds is 11. The van der Waals surface area contributed by atoms with Crippen LogP contribution in [0.2, 0.25) is 0 Å². The first kappa shape index (κ1) is 27.7. The van der Waals surface area contributed by atoms with E-state index in [-0.39, 0.29) is 30.5 Å². The number of carbonyl (C=O) groups excluding carboxylic acids is 3. The topological polar surface area (TPSA) is 89.9 Å². The number of hydrogen-bond donors (Lipinski definition) is 1. The van der Waals surface area contributed by atoms with Crippen LogP contribution in [-0.2, 0) is 23.9 Å². The minimum atomic E-state index is -0.653. The highest BCUT2D eigenvalue weighted by Crippen LogP contribution is 2.46. The Morgan fingerprint density at radius 2 is 1.97 bits per heavy atom. The van der Waals surface area contributed by atoms with E-state index in [1.54, 1.807) is 26.8 Å². The lowest BCUT2D eigenvalue weighted by Crippen LogP contribution is -2.36. The Morgan fingerprint density at radius 3 is 2.50 bits per heavy atom. The van der Waals surface area contributed by atoms with E-state index in [0.29, 0.717) is 30.4 Å². The number of Topliss-reactive ketones (excluding diaryl/α,β-unsaturated/α-hetero) is 2. The summed E-state index contributed by atoms with van der Waals surface area (Å²) >= 11 is 0. The molecule has 0 aromatic carbocycles. The molecular weight excluding hydrogens is 408 g/mol. The van der Waals surface area contributed by atoms with Crippen LogP contribution in [0, 0.1) is 17.3 Å². The lowest BCUT2D eigenvalue weighted by Gasteiger charge is -2.38. The molecule has 1 aliphatic rings. The average Bonchev–Trinajstić information content (AvgIpc) is 2.77. The standard InChI is InChI=1S/C26H38O6/c1-17(2)14-24(29)32-13-10-22-21(15-19(5)27)25(30)20(16-31-7)8-11-26(22,6)12-9-23(28)18(3)4/h8,10,13-14,21-23,28H,3,9,11-12,15-16H2,1-2,4-7H3/b13-10-/t21-,22-,23?,26+/m0/s1. The third-order valence-corrected chi connectivity index (χ3v) is 5.95. The first-order valence-corrected chi connectivity index (χ1v) is 11.0. The zero-order valence-corrected chi connectivity index (χ0v) is 20.3. The third kappa shape index (κ3) is 8.32. The van der Waals surface area contributed by atoms with E-state index in [4.69, 9.17) is 9.47 Å². The largest absolute Gasteiger partial charge is 0.432 e. The highest BCUT2D eigenvalue weighted by molar-refractivity contribution is 6.00. The van der Waals surface area contributed by atoms with Crippen LogP contribution in [0.1, 0.15) is 60.3 Å². The number of ketones is 2. The molecule has 1 aliphatic carbocycles. The quantitative estimate of drug-likeness (QED) is 0.218. The molecule has 0 bridgehead atoms. The zero-order valence-electron chi connectivity index (χ0n) is 20.3. The van der Waals surface area contributed by atoms with Gasteiger partial charge in [0, 0.05) is 31.1 Å². The van der Waals surface area contributed by atoms with Crippen LogP contribution < -0.4 is 0 Å². The van der Waals surface area contributed by atoms with Crippen molar-refractivity contribution in [3.05, 3.63) is 47.8 Å². The van der Waals surface area contributed by atoms with Crippen molar-refractivity contribution in [2.45, 2.75) is 66.4 Å². The molecule has 0 amide bonds. The summed E-state index contributed by atoms with van der Waals surface area (Å²) in [4.78, 5) is 37.4. The third-order valence-electron chi connectivity index (χ3n) is 5.95. The molecule has 0 heterocycles. The maximum atomic E-state index is 13.3. The summed E-state index contributed by atoms with van der Waals surface area (Å²) in [6.07, 6.45) is 7.37. The SMILES string of the molecule is C=C(C)C(O)CC[C@@]1(C)CC=C(COC)C(=O)[C@@H](CC(C)=O)[C@@H]1/C=C\OC(=O)C=C(C)C. The van der Waals surface area contributed by atoms with Gasteiger partial charge < -0.3 is 19.4 Å². The summed E-state index contributed by atoms with van der Waals surface area (Å²) in [6.45, 7) is 12.9. The number of methoxy groups -OCH3 is 1. The van der Waals surface area contributed by atoms with Gasteiger partial charge in [0.15, 0.2) is 5.78 Å². The number of allylic oxidation sites excluding steroid dienone is 3. The van der Waals surface area contributed by atoms with Crippen molar-refractivity contribution in [2.24, 2.45) is 17.3 Å². The molecule has 0 aromatic rings. The number of ether oxygens (including phenoxy) is 2. The van der Waals surface area contributed by atoms with Gasteiger partial charge >= 0.3 is 5.97 Å². The summed E-state index contributed by atoms with van der Waals surface area (Å²) in [5, 5.41) is 10.3. The second-order valence-electron chi connectivity index (χ2n) is 9.31. The van der Waals surface area contributed by atoms with Crippen molar-refractivity contribution in [1.29, 1.82) is 0 Å². The summed E-state index contributed by atoms with van der Waals surface area (Å²) in [6, 6.07) is 0. The summed E-state index contributed by atoms with van der Waals surface area (Å²) in [5.41, 5.74) is 1.58. The fourth-order valence-electron chi connectivity index (χ4n) is 4.10. The molecule has 0 aliphatic heterocycles. The Morgan fingerprint density at radius 1 is 1.31 bits per heavy atom. The molecule has 6 nitrogen and oxygen atoms in total. The Balaban J connectivity index is 3.37. The number of esters is 1. The molecule has 0 saturated heterocycles. The van der Waals surface area contributed by atoms with Crippen LogP contribution in [0.15, 0.2) is 47.8 Å². The van der Waals surface area contributed by atoms with Crippen molar-refractivity contribution in [1.82, 2.24) is 0 Å². The molecule has 1 rings (SSSR count). The van der Waals surface area contributed by atoms with Gasteiger partial charge in [0.05, 0.1) is 19.0 Å². The van der Waals surface area contributed by atoms with Gasteiger partial charge in [-0.15, -0.1) is 0 Å². The van der Waals surface area contributed by atoms with Gasteiger partial charge in [-0.1, -0.05) is 30.7 Å². The predicted octanol–water partition coefficient (Wildman–Crippen LogP) is 4.49. The average molecular weight is 447 g/mol. The van der Waals surface area contributed by atoms with E-state index in [1.807, 2.05) is 13.0 Å². The fraction of sp³-hybridized carbons (Fsp3) is 0.577. The minimum Gasteiger partial charge on any atom is -0.432 e. The molecule has 4 atom stereocenters. The van der Waals surface area contributed by atoms with Crippen LogP contribution >= 0.6 is 0 Å². The van der Waals surface area contributed by atoms with Gasteiger partial charge in [-0.05, 0) is 64.4 Å². The number of aliphatic hydroxyl groups excluding tert-OH is 1. The lowest BCUT2D eigenvalue weighted by atomic mass is 9.65. The Kier molecular flexibility index (Phi) is 11.0. The van der Waals surface area contributed by atoms with E-state index in [0.717, 1.165) is 5.57 Å². The monoisotopic (exact) mass is 446 g/mol. The molecule has 0 fully saturated rings. The molecule has 32 heavy (non-hydrogen) atoms. The van der Waals surface area contributed by atoms with Gasteiger partial charge in [0.25, 0.3) is 0 Å². The zero-order chi connectivity index (χ0) is 24.5. The summed E-state index contributed by atoms with van der Waals surface area (Å²) < 4.78 is 10.4. The minimum absolute atomic E-state index is 0.0788. The maximum absolute atomic E-state index is 13.3. The first-order valence-electron chi connectivity index (χ1n) is 11.0. The number of hydrogen-bond acceptors (Lipinski definition) is 6. The molecule has 0 aromatic heterocycles. The summed E-state index contributed by atoms with van der Waals surface area (Å²) in [5.74, 6) is -1.70. The lowest BCUT2D eigenvalue weighted by molar-refractivity contribution is -0.132. The van der Waals surface area contributed by atoms with E-state index in [9.17, 15) is 19.5 Å². The highest BCUT2D eigenvalue weighted by atomic mass is 16.5. The van der Waals surface area contributed by atoms with Crippen LogP contribution in [0.25, 0.3) is 0 Å².